The molecule has 2 fully saturated rings. The number of aromatic nitrogens is 4. The van der Waals surface area contributed by atoms with E-state index in [4.69, 9.17) is 5.10 Å². The van der Waals surface area contributed by atoms with E-state index < -0.39 is 0 Å². The highest BCUT2D eigenvalue weighted by Gasteiger charge is 2.37. The van der Waals surface area contributed by atoms with Gasteiger partial charge >= 0.3 is 0 Å². The highest BCUT2D eigenvalue weighted by atomic mass is 16.3. The van der Waals surface area contributed by atoms with Gasteiger partial charge in [-0.1, -0.05) is 12.1 Å². The summed E-state index contributed by atoms with van der Waals surface area (Å²) in [4.78, 5) is 2.22. The van der Waals surface area contributed by atoms with Crippen LogP contribution in [0.25, 0.3) is 28.0 Å². The SMILES string of the molecule is CN1CC=C([C@@H]2C[C@H]3CC[C@@H](C2)N3)c2nnc(-c3ccc(-c4cnn(C)c4)cc3O)cc21. The molecule has 0 saturated carbocycles. The lowest BCUT2D eigenvalue weighted by molar-refractivity contribution is 0.351. The number of phenolic OH excluding ortho intramolecular Hbond substituents is 1. The number of aromatic hydroxyl groups is 1. The van der Waals surface area contributed by atoms with Gasteiger partial charge in [0.1, 0.15) is 11.4 Å². The summed E-state index contributed by atoms with van der Waals surface area (Å²) in [5.74, 6) is 0.748. The molecule has 1 aromatic carbocycles. The molecule has 32 heavy (non-hydrogen) atoms. The lowest BCUT2D eigenvalue weighted by Crippen LogP contribution is -2.39. The average molecular weight is 429 g/mol. The summed E-state index contributed by atoms with van der Waals surface area (Å²) < 4.78 is 1.75. The summed E-state index contributed by atoms with van der Waals surface area (Å²) in [6.45, 7) is 0.874. The van der Waals surface area contributed by atoms with Crippen LogP contribution in [0.2, 0.25) is 0 Å². The maximum absolute atomic E-state index is 10.8. The van der Waals surface area contributed by atoms with Crippen molar-refractivity contribution in [3.8, 4) is 28.1 Å². The van der Waals surface area contributed by atoms with Crippen molar-refractivity contribution in [2.45, 2.75) is 37.8 Å². The maximum Gasteiger partial charge on any atom is 0.125 e. The molecule has 5 heterocycles. The highest BCUT2D eigenvalue weighted by Crippen LogP contribution is 2.43. The van der Waals surface area contributed by atoms with Crippen molar-refractivity contribution in [2.24, 2.45) is 13.0 Å². The third-order valence-corrected chi connectivity index (χ3v) is 7.27. The zero-order valence-electron chi connectivity index (χ0n) is 18.5. The molecule has 0 unspecified atom stereocenters. The number of phenols is 1. The van der Waals surface area contributed by atoms with E-state index in [1.54, 1.807) is 16.9 Å². The van der Waals surface area contributed by atoms with Gasteiger partial charge in [0.25, 0.3) is 0 Å². The summed E-state index contributed by atoms with van der Waals surface area (Å²) in [5.41, 5.74) is 6.72. The number of hydrogen-bond acceptors (Lipinski definition) is 6. The Morgan fingerprint density at radius 3 is 2.56 bits per heavy atom. The van der Waals surface area contributed by atoms with Gasteiger partial charge < -0.3 is 15.3 Å². The van der Waals surface area contributed by atoms with Crippen LogP contribution >= 0.6 is 0 Å². The minimum atomic E-state index is 0.199. The molecular formula is C25H28N6O. The van der Waals surface area contributed by atoms with Crippen LogP contribution in [-0.4, -0.2) is 50.8 Å². The smallest absolute Gasteiger partial charge is 0.125 e. The summed E-state index contributed by atoms with van der Waals surface area (Å²) in [7, 11) is 3.98. The van der Waals surface area contributed by atoms with Crippen LogP contribution in [0.1, 0.15) is 31.4 Å². The van der Waals surface area contributed by atoms with Crippen molar-refractivity contribution in [3.63, 3.8) is 0 Å². The summed E-state index contributed by atoms with van der Waals surface area (Å²) >= 11 is 0. The first-order valence-corrected chi connectivity index (χ1v) is 11.4. The van der Waals surface area contributed by atoms with Crippen molar-refractivity contribution >= 4 is 11.3 Å². The van der Waals surface area contributed by atoms with E-state index in [1.807, 2.05) is 25.4 Å². The molecule has 7 nitrogen and oxygen atoms in total. The van der Waals surface area contributed by atoms with Gasteiger partial charge in [-0.2, -0.15) is 5.10 Å². The molecule has 7 heteroatoms. The fourth-order valence-corrected chi connectivity index (χ4v) is 5.61. The number of benzene rings is 1. The van der Waals surface area contributed by atoms with Gasteiger partial charge in [0, 0.05) is 50.0 Å². The Hall–Kier alpha value is -3.19. The lowest BCUT2D eigenvalue weighted by atomic mass is 9.82. The minimum absolute atomic E-state index is 0.199. The van der Waals surface area contributed by atoms with E-state index >= 15 is 0 Å². The Morgan fingerprint density at radius 2 is 1.84 bits per heavy atom. The Balaban J connectivity index is 1.33. The molecule has 164 valence electrons. The predicted molar refractivity (Wildman–Crippen MR) is 125 cm³/mol. The van der Waals surface area contributed by atoms with Gasteiger partial charge in [0.2, 0.25) is 0 Å². The molecule has 3 atom stereocenters. The van der Waals surface area contributed by atoms with Crippen molar-refractivity contribution in [1.29, 1.82) is 0 Å². The van der Waals surface area contributed by atoms with Gasteiger partial charge in [-0.25, -0.2) is 0 Å². The second-order valence-electron chi connectivity index (χ2n) is 9.44. The second-order valence-corrected chi connectivity index (χ2v) is 9.44. The summed E-state index contributed by atoms with van der Waals surface area (Å²) in [6.07, 6.45) is 11.0. The van der Waals surface area contributed by atoms with Crippen molar-refractivity contribution in [2.75, 3.05) is 18.5 Å². The van der Waals surface area contributed by atoms with Crippen LogP contribution in [0.4, 0.5) is 5.69 Å². The van der Waals surface area contributed by atoms with Crippen molar-refractivity contribution < 1.29 is 5.11 Å². The van der Waals surface area contributed by atoms with Crippen LogP contribution in [0, 0.1) is 5.92 Å². The Kier molecular flexibility index (Phi) is 4.54. The first kappa shape index (κ1) is 19.5. The molecule has 2 saturated heterocycles. The lowest BCUT2D eigenvalue weighted by Gasteiger charge is -2.34. The first-order valence-electron chi connectivity index (χ1n) is 11.4. The number of piperidine rings is 1. The normalized spacial score (nSPS) is 24.4. The molecule has 3 aliphatic rings. The standard InChI is InChI=1S/C25H28N6O/c1-30-8-7-20(16-9-18-4-5-19(10-16)27-18)25-23(30)12-22(28-29-25)21-6-3-15(11-24(21)32)17-13-26-31(2)14-17/h3,6-7,11-14,16,18-19,27,32H,4-5,8-10H2,1-2H3/t16-,18-,19+. The van der Waals surface area contributed by atoms with Gasteiger partial charge in [0.05, 0.1) is 17.6 Å². The number of aryl methyl sites for hydroxylation is 1. The van der Waals surface area contributed by atoms with Crippen molar-refractivity contribution in [1.82, 2.24) is 25.3 Å². The van der Waals surface area contributed by atoms with Crippen LogP contribution in [0.3, 0.4) is 0 Å². The summed E-state index contributed by atoms with van der Waals surface area (Å²) in [5, 5.41) is 28.0. The van der Waals surface area contributed by atoms with E-state index in [-0.39, 0.29) is 5.75 Å². The number of fused-ring (bicyclic) bond motifs is 3. The molecule has 0 amide bonds. The largest absolute Gasteiger partial charge is 0.507 e. The number of allylic oxidation sites excluding steroid dienone is 1. The molecule has 3 aliphatic heterocycles. The molecule has 2 N–H and O–H groups in total. The van der Waals surface area contributed by atoms with Gasteiger partial charge in [-0.15, -0.1) is 10.2 Å². The van der Waals surface area contributed by atoms with Crippen LogP contribution in [-0.2, 0) is 7.05 Å². The fraction of sp³-hybridized carbons (Fsp3) is 0.400. The maximum atomic E-state index is 10.8. The number of nitrogens with one attached hydrogen (secondary N) is 1. The second kappa shape index (κ2) is 7.45. The van der Waals surface area contributed by atoms with E-state index in [1.165, 1.54) is 31.3 Å². The number of hydrogen-bond donors (Lipinski definition) is 2. The molecule has 0 spiro atoms. The number of anilines is 1. The molecule has 2 aromatic heterocycles. The van der Waals surface area contributed by atoms with Crippen LogP contribution < -0.4 is 10.2 Å². The van der Waals surface area contributed by atoms with E-state index in [0.717, 1.165) is 29.1 Å². The van der Waals surface area contributed by atoms with Crippen LogP contribution in [0.15, 0.2) is 42.7 Å². The third-order valence-electron chi connectivity index (χ3n) is 7.27. The topological polar surface area (TPSA) is 79.1 Å². The molecule has 0 radical (unpaired) electrons. The van der Waals surface area contributed by atoms with E-state index in [0.29, 0.717) is 29.3 Å². The van der Waals surface area contributed by atoms with Gasteiger partial charge in [0.15, 0.2) is 0 Å². The Morgan fingerprint density at radius 1 is 1.03 bits per heavy atom. The third kappa shape index (κ3) is 3.28. The number of likely N-dealkylation sites (N-methyl/N-ethyl adjacent to an activating group) is 1. The summed E-state index contributed by atoms with van der Waals surface area (Å²) in [6, 6.07) is 9.04. The van der Waals surface area contributed by atoms with E-state index in [9.17, 15) is 5.11 Å². The zero-order valence-corrected chi connectivity index (χ0v) is 18.5. The minimum Gasteiger partial charge on any atom is -0.507 e. The van der Waals surface area contributed by atoms with E-state index in [2.05, 4.69) is 39.6 Å². The fourth-order valence-electron chi connectivity index (χ4n) is 5.61. The predicted octanol–water partition coefficient (Wildman–Crippen LogP) is 3.61. The van der Waals surface area contributed by atoms with Gasteiger partial charge in [-0.05, 0) is 60.9 Å². The monoisotopic (exact) mass is 428 g/mol. The van der Waals surface area contributed by atoms with Crippen LogP contribution in [0.5, 0.6) is 5.75 Å². The molecule has 0 aliphatic carbocycles. The quantitative estimate of drug-likeness (QED) is 0.664. The molecular weight excluding hydrogens is 400 g/mol. The highest BCUT2D eigenvalue weighted by molar-refractivity contribution is 5.82. The molecule has 2 bridgehead atoms. The Labute approximate surface area is 187 Å². The molecule has 3 aromatic rings. The number of rotatable bonds is 3. The van der Waals surface area contributed by atoms with Crippen molar-refractivity contribution in [3.05, 3.63) is 48.4 Å². The molecule has 6 rings (SSSR count). The Bertz CT molecular complexity index is 1200. The zero-order chi connectivity index (χ0) is 21.8. The number of nitrogens with zero attached hydrogens (tertiary/aromatic N) is 5. The van der Waals surface area contributed by atoms with Gasteiger partial charge in [-0.3, -0.25) is 4.68 Å². The average Bonchev–Trinajstić information content (AvgIpc) is 3.38. The first-order chi connectivity index (χ1) is 15.5.